The fourth-order valence-electron chi connectivity index (χ4n) is 1.85. The second-order valence-electron chi connectivity index (χ2n) is 4.05. The van der Waals surface area contributed by atoms with E-state index in [2.05, 4.69) is 20.8 Å². The fraction of sp³-hybridized carbons (Fsp3) is 0.154. The molecule has 2 aromatic rings. The quantitative estimate of drug-likeness (QED) is 0.848. The van der Waals surface area contributed by atoms with Gasteiger partial charge < -0.3 is 15.4 Å². The van der Waals surface area contributed by atoms with Crippen molar-refractivity contribution in [2.24, 2.45) is 0 Å². The van der Waals surface area contributed by atoms with Crippen LogP contribution < -0.4 is 15.4 Å². The third-order valence-corrected chi connectivity index (χ3v) is 2.71. The summed E-state index contributed by atoms with van der Waals surface area (Å²) in [6.07, 6.45) is 1.60. The van der Waals surface area contributed by atoms with Crippen LogP contribution in [0.15, 0.2) is 36.5 Å². The second-order valence-corrected chi connectivity index (χ2v) is 4.05. The van der Waals surface area contributed by atoms with E-state index in [4.69, 9.17) is 4.74 Å². The zero-order valence-corrected chi connectivity index (χ0v) is 10.1. The number of hydrogen-bond donors (Lipinski definition) is 2. The van der Waals surface area contributed by atoms with E-state index in [1.165, 1.54) is 0 Å². The molecule has 3 rings (SSSR count). The average Bonchev–Trinajstić information content (AvgIpc) is 2.62. The van der Waals surface area contributed by atoms with Crippen LogP contribution in [0.1, 0.15) is 10.4 Å². The monoisotopic (exact) mass is 256 g/mol. The molecule has 0 bridgehead atoms. The number of ether oxygens (including phenoxy) is 1. The molecule has 96 valence electrons. The number of amides is 1. The Labute approximate surface area is 109 Å². The predicted octanol–water partition coefficient (Wildman–Crippen LogP) is 1.34. The zero-order chi connectivity index (χ0) is 13.1. The third kappa shape index (κ3) is 2.47. The van der Waals surface area contributed by atoms with Crippen molar-refractivity contribution in [3.05, 3.63) is 42.1 Å². The molecule has 2 heterocycles. The van der Waals surface area contributed by atoms with Gasteiger partial charge in [-0.25, -0.2) is 0 Å². The van der Waals surface area contributed by atoms with Crippen molar-refractivity contribution in [1.29, 1.82) is 0 Å². The van der Waals surface area contributed by atoms with E-state index < -0.39 is 0 Å². The number of nitrogens with zero attached hydrogens (tertiary/aromatic N) is 2. The van der Waals surface area contributed by atoms with Gasteiger partial charge >= 0.3 is 0 Å². The first kappa shape index (κ1) is 11.5. The standard InChI is InChI=1S/C13H12N4O2/c18-13-10-8-9(16-12-2-1-5-15-17-12)3-4-11(10)19-7-6-14-13/h1-5,8H,6-7H2,(H,14,18)(H,16,17). The van der Waals surface area contributed by atoms with E-state index in [1.807, 2.05) is 6.07 Å². The topological polar surface area (TPSA) is 76.1 Å². The maximum Gasteiger partial charge on any atom is 0.255 e. The molecule has 0 radical (unpaired) electrons. The number of hydrogen-bond acceptors (Lipinski definition) is 5. The first-order valence-electron chi connectivity index (χ1n) is 5.93. The Bertz CT molecular complexity index is 601. The Morgan fingerprint density at radius 3 is 3.11 bits per heavy atom. The van der Waals surface area contributed by atoms with Crippen molar-refractivity contribution in [3.8, 4) is 5.75 Å². The molecule has 0 spiro atoms. The van der Waals surface area contributed by atoms with Crippen molar-refractivity contribution in [1.82, 2.24) is 15.5 Å². The highest BCUT2D eigenvalue weighted by Crippen LogP contribution is 2.25. The lowest BCUT2D eigenvalue weighted by Gasteiger charge is -2.09. The molecule has 6 heteroatoms. The van der Waals surface area contributed by atoms with Gasteiger partial charge in [-0.1, -0.05) is 0 Å². The van der Waals surface area contributed by atoms with E-state index in [0.29, 0.717) is 30.3 Å². The third-order valence-electron chi connectivity index (χ3n) is 2.71. The lowest BCUT2D eigenvalue weighted by molar-refractivity contribution is 0.0957. The summed E-state index contributed by atoms with van der Waals surface area (Å²) < 4.78 is 5.48. The van der Waals surface area contributed by atoms with Gasteiger partial charge in [0.05, 0.1) is 12.1 Å². The second kappa shape index (κ2) is 4.93. The number of fused-ring (bicyclic) bond motifs is 1. The van der Waals surface area contributed by atoms with E-state index in [9.17, 15) is 4.79 Å². The van der Waals surface area contributed by atoms with Crippen LogP contribution in [-0.4, -0.2) is 29.3 Å². The number of anilines is 2. The molecule has 6 nitrogen and oxygen atoms in total. The summed E-state index contributed by atoms with van der Waals surface area (Å²) >= 11 is 0. The molecule has 1 aromatic heterocycles. The molecular weight excluding hydrogens is 244 g/mol. The van der Waals surface area contributed by atoms with Crippen LogP contribution >= 0.6 is 0 Å². The lowest BCUT2D eigenvalue weighted by Crippen LogP contribution is -2.24. The van der Waals surface area contributed by atoms with E-state index in [-0.39, 0.29) is 5.91 Å². The van der Waals surface area contributed by atoms with Gasteiger partial charge in [-0.15, -0.1) is 5.10 Å². The van der Waals surface area contributed by atoms with Crippen molar-refractivity contribution in [2.45, 2.75) is 0 Å². The van der Waals surface area contributed by atoms with Crippen LogP contribution in [-0.2, 0) is 0 Å². The van der Waals surface area contributed by atoms with Crippen LogP contribution in [0.5, 0.6) is 5.75 Å². The van der Waals surface area contributed by atoms with Crippen LogP contribution in [0.3, 0.4) is 0 Å². The Kier molecular flexibility index (Phi) is 2.97. The molecule has 2 N–H and O–H groups in total. The molecule has 0 aliphatic carbocycles. The van der Waals surface area contributed by atoms with E-state index >= 15 is 0 Å². The molecule has 1 amide bonds. The SMILES string of the molecule is O=C1NCCOc2ccc(Nc3cccnn3)cc21. The Hall–Kier alpha value is -2.63. The minimum Gasteiger partial charge on any atom is -0.491 e. The molecule has 0 saturated carbocycles. The van der Waals surface area contributed by atoms with E-state index in [1.54, 1.807) is 30.5 Å². The molecule has 1 aromatic carbocycles. The summed E-state index contributed by atoms with van der Waals surface area (Å²) in [6.45, 7) is 0.996. The highest BCUT2D eigenvalue weighted by molar-refractivity contribution is 5.98. The number of benzene rings is 1. The maximum atomic E-state index is 11.9. The van der Waals surface area contributed by atoms with Gasteiger partial charge in [0.15, 0.2) is 5.82 Å². The summed E-state index contributed by atoms with van der Waals surface area (Å²) in [4.78, 5) is 11.9. The summed E-state index contributed by atoms with van der Waals surface area (Å²) in [5, 5.41) is 13.6. The van der Waals surface area contributed by atoms with Gasteiger partial charge in [-0.3, -0.25) is 4.79 Å². The number of carbonyl (C=O) groups excluding carboxylic acids is 1. The van der Waals surface area contributed by atoms with Gasteiger partial charge in [0.1, 0.15) is 12.4 Å². The summed E-state index contributed by atoms with van der Waals surface area (Å²) in [6, 6.07) is 8.94. The first-order valence-corrected chi connectivity index (χ1v) is 5.93. The average molecular weight is 256 g/mol. The Morgan fingerprint density at radius 1 is 1.32 bits per heavy atom. The normalized spacial score (nSPS) is 13.8. The van der Waals surface area contributed by atoms with Crippen LogP contribution in [0.25, 0.3) is 0 Å². The van der Waals surface area contributed by atoms with Crippen LogP contribution in [0.4, 0.5) is 11.5 Å². The first-order chi connectivity index (χ1) is 9.33. The minimum atomic E-state index is -0.129. The maximum absolute atomic E-state index is 11.9. The van der Waals surface area contributed by atoms with Gasteiger partial charge in [-0.05, 0) is 30.3 Å². The molecule has 0 unspecified atom stereocenters. The lowest BCUT2D eigenvalue weighted by atomic mass is 10.1. The fourth-order valence-corrected chi connectivity index (χ4v) is 1.85. The predicted molar refractivity (Wildman–Crippen MR) is 69.6 cm³/mol. The smallest absolute Gasteiger partial charge is 0.255 e. The molecule has 1 aliphatic heterocycles. The summed E-state index contributed by atoms with van der Waals surface area (Å²) in [7, 11) is 0. The van der Waals surface area contributed by atoms with Crippen molar-refractivity contribution in [2.75, 3.05) is 18.5 Å². The van der Waals surface area contributed by atoms with Crippen LogP contribution in [0.2, 0.25) is 0 Å². The number of aromatic nitrogens is 2. The number of nitrogens with one attached hydrogen (secondary N) is 2. The largest absolute Gasteiger partial charge is 0.491 e. The van der Waals surface area contributed by atoms with Gasteiger partial charge in [0.25, 0.3) is 5.91 Å². The number of rotatable bonds is 2. The van der Waals surface area contributed by atoms with Gasteiger partial charge in [0.2, 0.25) is 0 Å². The van der Waals surface area contributed by atoms with Gasteiger partial charge in [0, 0.05) is 11.9 Å². The summed E-state index contributed by atoms with van der Waals surface area (Å²) in [5.74, 6) is 1.09. The molecule has 19 heavy (non-hydrogen) atoms. The van der Waals surface area contributed by atoms with Crippen molar-refractivity contribution < 1.29 is 9.53 Å². The Balaban J connectivity index is 1.90. The van der Waals surface area contributed by atoms with Gasteiger partial charge in [-0.2, -0.15) is 5.10 Å². The molecule has 0 saturated heterocycles. The molecule has 1 aliphatic rings. The Morgan fingerprint density at radius 2 is 2.26 bits per heavy atom. The van der Waals surface area contributed by atoms with Crippen LogP contribution in [0, 0.1) is 0 Å². The van der Waals surface area contributed by atoms with Crippen molar-refractivity contribution >= 4 is 17.4 Å². The minimum absolute atomic E-state index is 0.129. The highest BCUT2D eigenvalue weighted by atomic mass is 16.5. The molecule has 0 atom stereocenters. The summed E-state index contributed by atoms with van der Waals surface area (Å²) in [5.41, 5.74) is 1.28. The van der Waals surface area contributed by atoms with Crippen molar-refractivity contribution in [3.63, 3.8) is 0 Å². The zero-order valence-electron chi connectivity index (χ0n) is 10.1. The van der Waals surface area contributed by atoms with E-state index in [0.717, 1.165) is 5.69 Å². The molecule has 0 fully saturated rings. The highest BCUT2D eigenvalue weighted by Gasteiger charge is 2.16. The molecular formula is C13H12N4O2. The number of carbonyl (C=O) groups is 1.